The van der Waals surface area contributed by atoms with E-state index in [4.69, 9.17) is 11.0 Å². The maximum atomic E-state index is 10.6. The minimum Gasteiger partial charge on any atom is -0.503 e. The summed E-state index contributed by atoms with van der Waals surface area (Å²) in [7, 11) is 1.87. The van der Waals surface area contributed by atoms with Crippen LogP contribution in [0, 0.1) is 17.2 Å². The summed E-state index contributed by atoms with van der Waals surface area (Å²) in [6, 6.07) is 10.0. The number of aromatic hydroxyl groups is 1. The van der Waals surface area contributed by atoms with E-state index in [0.29, 0.717) is 18.7 Å². The predicted molar refractivity (Wildman–Crippen MR) is 110 cm³/mol. The lowest BCUT2D eigenvalue weighted by Gasteiger charge is -2.36. The van der Waals surface area contributed by atoms with Crippen molar-refractivity contribution in [3.8, 4) is 34.1 Å². The van der Waals surface area contributed by atoms with Gasteiger partial charge in [0.15, 0.2) is 11.6 Å². The van der Waals surface area contributed by atoms with Gasteiger partial charge >= 0.3 is 0 Å². The zero-order valence-electron chi connectivity index (χ0n) is 16.0. The van der Waals surface area contributed by atoms with Crippen molar-refractivity contribution in [1.82, 2.24) is 14.8 Å². The lowest BCUT2D eigenvalue weighted by molar-refractivity contribution is 0.120. The molecule has 0 amide bonds. The Balaban J connectivity index is 1.71. The first-order valence-electron chi connectivity index (χ1n) is 9.37. The number of nitrogen functional groups attached to an aromatic ring is 1. The van der Waals surface area contributed by atoms with E-state index < -0.39 is 12.0 Å². The molecule has 2 aromatic heterocycles. The molecule has 1 aliphatic heterocycles. The molecule has 0 bridgehead atoms. The Bertz CT molecular complexity index is 1070. The van der Waals surface area contributed by atoms with E-state index in [1.165, 1.54) is 0 Å². The summed E-state index contributed by atoms with van der Waals surface area (Å²) < 4.78 is 1.75. The molecular formula is C21H22N6O2. The maximum Gasteiger partial charge on any atom is 0.182 e. The van der Waals surface area contributed by atoms with E-state index in [2.05, 4.69) is 16.2 Å². The Kier molecular flexibility index (Phi) is 4.82. The number of nitrogens with two attached hydrogens (primary N) is 1. The number of nitrogens with zero attached hydrogens (tertiary/aromatic N) is 5. The number of piperidine rings is 1. The summed E-state index contributed by atoms with van der Waals surface area (Å²) in [5.41, 5.74) is 10.0. The largest absolute Gasteiger partial charge is 0.503 e. The highest BCUT2D eigenvalue weighted by Gasteiger charge is 2.31. The second kappa shape index (κ2) is 7.45. The van der Waals surface area contributed by atoms with Gasteiger partial charge in [-0.05, 0) is 17.5 Å². The molecule has 3 heterocycles. The van der Waals surface area contributed by atoms with Gasteiger partial charge in [0.25, 0.3) is 0 Å². The number of benzene rings is 1. The molecule has 2 atom stereocenters. The maximum absolute atomic E-state index is 10.6. The molecule has 148 valence electrons. The number of nitriles is 1. The number of aromatic nitrogens is 3. The molecule has 8 nitrogen and oxygen atoms in total. The number of hydrogen-bond donors (Lipinski definition) is 3. The van der Waals surface area contributed by atoms with Crippen LogP contribution in [0.4, 0.5) is 11.5 Å². The standard InChI is InChI=1S/C21H22N6O2/c1-26-11-16(9-25-26)13-2-4-14(5-3-13)17-10-24-21(23)20(29)19(17)27-7-6-15(8-22)18(28)12-27/h2-5,9-11,15,18,28-29H,6-7,12H2,1H3,(H2,23,24)/t15-,18+/m1/s1. The molecule has 0 spiro atoms. The molecule has 29 heavy (non-hydrogen) atoms. The Morgan fingerprint density at radius 3 is 2.52 bits per heavy atom. The summed E-state index contributed by atoms with van der Waals surface area (Å²) >= 11 is 0. The van der Waals surface area contributed by atoms with E-state index in [1.54, 1.807) is 17.1 Å². The summed E-state index contributed by atoms with van der Waals surface area (Å²) in [6.45, 7) is 0.781. The molecule has 0 saturated carbocycles. The molecule has 4 rings (SSSR count). The average Bonchev–Trinajstić information content (AvgIpc) is 3.16. The van der Waals surface area contributed by atoms with Crippen molar-refractivity contribution in [3.63, 3.8) is 0 Å². The molecule has 1 fully saturated rings. The first kappa shape index (κ1) is 18.8. The molecule has 8 heteroatoms. The van der Waals surface area contributed by atoms with Crippen molar-refractivity contribution in [2.45, 2.75) is 12.5 Å². The fraction of sp³-hybridized carbons (Fsp3) is 0.286. The minimum absolute atomic E-state index is 0.0348. The van der Waals surface area contributed by atoms with Crippen LogP contribution in [-0.4, -0.2) is 44.2 Å². The average molecular weight is 390 g/mol. The van der Waals surface area contributed by atoms with Crippen LogP contribution in [0.3, 0.4) is 0 Å². The van der Waals surface area contributed by atoms with Gasteiger partial charge in [0.05, 0.1) is 30.0 Å². The van der Waals surface area contributed by atoms with Gasteiger partial charge in [-0.3, -0.25) is 4.68 Å². The van der Waals surface area contributed by atoms with Gasteiger partial charge < -0.3 is 20.8 Å². The fourth-order valence-corrected chi connectivity index (χ4v) is 3.73. The van der Waals surface area contributed by atoms with Crippen LogP contribution in [0.25, 0.3) is 22.3 Å². The SMILES string of the molecule is Cn1cc(-c2ccc(-c3cnc(N)c(O)c3N3CC[C@H](C#N)[C@@H](O)C3)cc2)cn1. The van der Waals surface area contributed by atoms with Gasteiger partial charge in [0.1, 0.15) is 0 Å². The molecule has 0 aliphatic carbocycles. The minimum atomic E-state index is -0.789. The van der Waals surface area contributed by atoms with Crippen molar-refractivity contribution < 1.29 is 10.2 Å². The first-order valence-corrected chi connectivity index (χ1v) is 9.37. The van der Waals surface area contributed by atoms with E-state index in [-0.39, 0.29) is 18.1 Å². The highest BCUT2D eigenvalue weighted by atomic mass is 16.3. The monoisotopic (exact) mass is 390 g/mol. The number of aliphatic hydroxyl groups excluding tert-OH is 1. The Morgan fingerprint density at radius 1 is 1.17 bits per heavy atom. The van der Waals surface area contributed by atoms with Crippen molar-refractivity contribution >= 4 is 11.5 Å². The predicted octanol–water partition coefficient (Wildman–Crippen LogP) is 2.15. The van der Waals surface area contributed by atoms with Crippen LogP contribution in [0.1, 0.15) is 6.42 Å². The topological polar surface area (TPSA) is 124 Å². The Labute approximate surface area is 168 Å². The molecule has 0 radical (unpaired) electrons. The number of anilines is 2. The number of hydrogen-bond acceptors (Lipinski definition) is 7. The quantitative estimate of drug-likeness (QED) is 0.626. The number of pyridine rings is 1. The van der Waals surface area contributed by atoms with Crippen LogP contribution < -0.4 is 10.6 Å². The van der Waals surface area contributed by atoms with Crippen LogP contribution in [0.2, 0.25) is 0 Å². The summed E-state index contributed by atoms with van der Waals surface area (Å²) in [4.78, 5) is 5.99. The number of β-amino-alcohol motifs (C(OH)–C–C–N with tert-alkyl or cyclic N) is 1. The van der Waals surface area contributed by atoms with Crippen molar-refractivity contribution in [2.24, 2.45) is 13.0 Å². The molecule has 3 aromatic rings. The second-order valence-electron chi connectivity index (χ2n) is 7.27. The van der Waals surface area contributed by atoms with E-state index >= 15 is 0 Å². The molecule has 1 aliphatic rings. The zero-order chi connectivity index (χ0) is 20.5. The van der Waals surface area contributed by atoms with Crippen molar-refractivity contribution in [2.75, 3.05) is 23.7 Å². The molecule has 4 N–H and O–H groups in total. The zero-order valence-corrected chi connectivity index (χ0v) is 16.0. The van der Waals surface area contributed by atoms with Gasteiger partial charge in [-0.1, -0.05) is 24.3 Å². The Morgan fingerprint density at radius 2 is 1.90 bits per heavy atom. The first-order chi connectivity index (χ1) is 14.0. The third-order valence-corrected chi connectivity index (χ3v) is 5.35. The normalized spacial score (nSPS) is 19.1. The van der Waals surface area contributed by atoms with E-state index in [0.717, 1.165) is 22.3 Å². The van der Waals surface area contributed by atoms with E-state index in [9.17, 15) is 10.2 Å². The van der Waals surface area contributed by atoms with Crippen molar-refractivity contribution in [3.05, 3.63) is 42.9 Å². The van der Waals surface area contributed by atoms with E-state index in [1.807, 2.05) is 42.4 Å². The van der Waals surface area contributed by atoms with Crippen LogP contribution in [-0.2, 0) is 7.05 Å². The number of aliphatic hydroxyl groups is 1. The van der Waals surface area contributed by atoms with Gasteiger partial charge in [0.2, 0.25) is 0 Å². The number of rotatable bonds is 3. The van der Waals surface area contributed by atoms with Gasteiger partial charge in [0, 0.05) is 43.7 Å². The van der Waals surface area contributed by atoms with Gasteiger partial charge in [-0.25, -0.2) is 4.98 Å². The third kappa shape index (κ3) is 3.48. The lowest BCUT2D eigenvalue weighted by atomic mass is 9.93. The van der Waals surface area contributed by atoms with Crippen molar-refractivity contribution in [1.29, 1.82) is 5.26 Å². The third-order valence-electron chi connectivity index (χ3n) is 5.35. The smallest absolute Gasteiger partial charge is 0.182 e. The molecule has 0 unspecified atom stereocenters. The fourth-order valence-electron chi connectivity index (χ4n) is 3.73. The highest BCUT2D eigenvalue weighted by molar-refractivity contribution is 5.86. The molecule has 1 aromatic carbocycles. The highest BCUT2D eigenvalue weighted by Crippen LogP contribution is 2.42. The summed E-state index contributed by atoms with van der Waals surface area (Å²) in [6.07, 6.45) is 5.10. The molecule has 1 saturated heterocycles. The number of aryl methyl sites for hydroxylation is 1. The van der Waals surface area contributed by atoms with Gasteiger partial charge in [-0.2, -0.15) is 10.4 Å². The molecular weight excluding hydrogens is 368 g/mol. The van der Waals surface area contributed by atoms with Crippen LogP contribution >= 0.6 is 0 Å². The second-order valence-corrected chi connectivity index (χ2v) is 7.27. The lowest BCUT2D eigenvalue weighted by Crippen LogP contribution is -2.43. The van der Waals surface area contributed by atoms with Crippen LogP contribution in [0.15, 0.2) is 42.9 Å². The summed E-state index contributed by atoms with van der Waals surface area (Å²) in [5, 5.41) is 34.3. The summed E-state index contributed by atoms with van der Waals surface area (Å²) in [5.74, 6) is -0.483. The Hall–Kier alpha value is -3.57. The van der Waals surface area contributed by atoms with Gasteiger partial charge in [-0.15, -0.1) is 0 Å². The van der Waals surface area contributed by atoms with Crippen LogP contribution in [0.5, 0.6) is 5.75 Å².